The molecule has 1 saturated heterocycles. The van der Waals surface area contributed by atoms with Crippen molar-refractivity contribution in [1.29, 1.82) is 0 Å². The third-order valence-corrected chi connectivity index (χ3v) is 5.45. The fourth-order valence-corrected chi connectivity index (χ4v) is 3.69. The standard InChI is InChI=1S/C24H35N5O/c1-25-24(27-18-20-8-10-22(11-9-20)26-14-17-30-2)28-23-12-15-29(16-13-23)19-21-6-4-3-5-7-21/h3-11,23,26H,12-19H2,1-2H3,(H2,25,27,28). The fourth-order valence-electron chi connectivity index (χ4n) is 3.69. The normalized spacial score (nSPS) is 15.7. The fraction of sp³-hybridized carbons (Fsp3) is 0.458. The monoisotopic (exact) mass is 409 g/mol. The SMILES string of the molecule is CN=C(NCc1ccc(NCCOC)cc1)NC1CCN(Cc2ccccc2)CC1. The van der Waals surface area contributed by atoms with Gasteiger partial charge < -0.3 is 20.7 Å². The molecule has 6 nitrogen and oxygen atoms in total. The molecule has 1 fully saturated rings. The molecule has 0 atom stereocenters. The van der Waals surface area contributed by atoms with Crippen LogP contribution in [0.1, 0.15) is 24.0 Å². The van der Waals surface area contributed by atoms with Crippen LogP contribution < -0.4 is 16.0 Å². The summed E-state index contributed by atoms with van der Waals surface area (Å²) in [6.07, 6.45) is 2.27. The average molecular weight is 410 g/mol. The summed E-state index contributed by atoms with van der Waals surface area (Å²) >= 11 is 0. The molecule has 0 aromatic heterocycles. The van der Waals surface area contributed by atoms with Gasteiger partial charge in [0.15, 0.2) is 5.96 Å². The van der Waals surface area contributed by atoms with Gasteiger partial charge in [0.2, 0.25) is 0 Å². The zero-order valence-electron chi connectivity index (χ0n) is 18.2. The summed E-state index contributed by atoms with van der Waals surface area (Å²) in [5, 5.41) is 10.4. The van der Waals surface area contributed by atoms with E-state index in [1.54, 1.807) is 7.11 Å². The molecule has 3 rings (SSSR count). The van der Waals surface area contributed by atoms with E-state index in [1.807, 2.05) is 7.05 Å². The summed E-state index contributed by atoms with van der Waals surface area (Å²) in [4.78, 5) is 6.94. The van der Waals surface area contributed by atoms with Gasteiger partial charge in [0.05, 0.1) is 6.61 Å². The summed E-state index contributed by atoms with van der Waals surface area (Å²) in [5.74, 6) is 0.874. The van der Waals surface area contributed by atoms with Crippen molar-refractivity contribution < 1.29 is 4.74 Å². The van der Waals surface area contributed by atoms with Crippen LogP contribution in [0.5, 0.6) is 0 Å². The first-order chi connectivity index (χ1) is 14.8. The maximum absolute atomic E-state index is 5.06. The van der Waals surface area contributed by atoms with E-state index in [0.717, 1.165) is 57.2 Å². The number of anilines is 1. The molecule has 1 heterocycles. The molecule has 0 saturated carbocycles. The van der Waals surface area contributed by atoms with Gasteiger partial charge in [0.25, 0.3) is 0 Å². The third-order valence-electron chi connectivity index (χ3n) is 5.45. The Hall–Kier alpha value is -2.57. The number of hydrogen-bond acceptors (Lipinski definition) is 4. The van der Waals surface area contributed by atoms with E-state index in [4.69, 9.17) is 4.74 Å². The second-order valence-electron chi connectivity index (χ2n) is 7.72. The molecule has 2 aromatic rings. The maximum atomic E-state index is 5.06. The number of methoxy groups -OCH3 is 1. The summed E-state index contributed by atoms with van der Waals surface area (Å²) in [5.41, 5.74) is 3.73. The van der Waals surface area contributed by atoms with E-state index in [2.05, 4.69) is 80.4 Å². The van der Waals surface area contributed by atoms with Crippen LogP contribution >= 0.6 is 0 Å². The minimum atomic E-state index is 0.468. The van der Waals surface area contributed by atoms with Gasteiger partial charge in [-0.15, -0.1) is 0 Å². The molecule has 0 bridgehead atoms. The third kappa shape index (κ3) is 7.35. The van der Waals surface area contributed by atoms with Crippen molar-refractivity contribution in [2.75, 3.05) is 45.7 Å². The van der Waals surface area contributed by atoms with Crippen molar-refractivity contribution in [3.05, 3.63) is 65.7 Å². The Kier molecular flexibility index (Phi) is 9.00. The number of nitrogens with one attached hydrogen (secondary N) is 3. The zero-order valence-corrected chi connectivity index (χ0v) is 18.2. The first-order valence-corrected chi connectivity index (χ1v) is 10.8. The van der Waals surface area contributed by atoms with E-state index < -0.39 is 0 Å². The number of piperidine rings is 1. The van der Waals surface area contributed by atoms with Gasteiger partial charge in [0.1, 0.15) is 0 Å². The van der Waals surface area contributed by atoms with Crippen molar-refractivity contribution in [1.82, 2.24) is 15.5 Å². The second-order valence-corrected chi connectivity index (χ2v) is 7.72. The van der Waals surface area contributed by atoms with Gasteiger partial charge >= 0.3 is 0 Å². The molecule has 0 unspecified atom stereocenters. The topological polar surface area (TPSA) is 60.9 Å². The first kappa shape index (κ1) is 22.1. The van der Waals surface area contributed by atoms with Crippen LogP contribution in [0.3, 0.4) is 0 Å². The highest BCUT2D eigenvalue weighted by molar-refractivity contribution is 5.80. The van der Waals surface area contributed by atoms with Crippen LogP contribution in [0.4, 0.5) is 5.69 Å². The van der Waals surface area contributed by atoms with Crippen LogP contribution in [0.2, 0.25) is 0 Å². The molecule has 0 radical (unpaired) electrons. The number of hydrogen-bond donors (Lipinski definition) is 3. The highest BCUT2D eigenvalue weighted by Gasteiger charge is 2.19. The lowest BCUT2D eigenvalue weighted by Crippen LogP contribution is -2.48. The van der Waals surface area contributed by atoms with Crippen molar-refractivity contribution in [3.8, 4) is 0 Å². The van der Waals surface area contributed by atoms with Gasteiger partial charge in [-0.2, -0.15) is 0 Å². The van der Waals surface area contributed by atoms with Crippen LogP contribution in [0, 0.1) is 0 Å². The summed E-state index contributed by atoms with van der Waals surface area (Å²) in [7, 11) is 3.55. The Morgan fingerprint density at radius 2 is 1.77 bits per heavy atom. The quantitative estimate of drug-likeness (QED) is 0.338. The molecule has 3 N–H and O–H groups in total. The molecule has 162 valence electrons. The molecular formula is C24H35N5O. The van der Waals surface area contributed by atoms with E-state index in [1.165, 1.54) is 11.1 Å². The molecule has 0 aliphatic carbocycles. The van der Waals surface area contributed by atoms with Gasteiger partial charge in [-0.1, -0.05) is 42.5 Å². The number of nitrogens with zero attached hydrogens (tertiary/aromatic N) is 2. The number of guanidine groups is 1. The minimum Gasteiger partial charge on any atom is -0.383 e. The van der Waals surface area contributed by atoms with E-state index in [0.29, 0.717) is 12.6 Å². The van der Waals surface area contributed by atoms with E-state index >= 15 is 0 Å². The van der Waals surface area contributed by atoms with Gasteiger partial charge in [-0.05, 0) is 36.1 Å². The van der Waals surface area contributed by atoms with Crippen LogP contribution in [-0.4, -0.2) is 57.3 Å². The van der Waals surface area contributed by atoms with Crippen molar-refractivity contribution in [2.45, 2.75) is 32.0 Å². The maximum Gasteiger partial charge on any atom is 0.191 e. The second kappa shape index (κ2) is 12.2. The highest BCUT2D eigenvalue weighted by atomic mass is 16.5. The molecule has 30 heavy (non-hydrogen) atoms. The van der Waals surface area contributed by atoms with Crippen LogP contribution in [-0.2, 0) is 17.8 Å². The Morgan fingerprint density at radius 3 is 2.43 bits per heavy atom. The molecule has 6 heteroatoms. The van der Waals surface area contributed by atoms with E-state index in [-0.39, 0.29) is 0 Å². The number of benzene rings is 2. The summed E-state index contributed by atoms with van der Waals surface area (Å²) in [6.45, 7) is 5.54. The Balaban J connectivity index is 1.38. The predicted molar refractivity (Wildman–Crippen MR) is 125 cm³/mol. The molecule has 1 aliphatic heterocycles. The smallest absolute Gasteiger partial charge is 0.191 e. The van der Waals surface area contributed by atoms with Gasteiger partial charge in [-0.25, -0.2) is 0 Å². The number of ether oxygens (including phenoxy) is 1. The number of likely N-dealkylation sites (tertiary alicyclic amines) is 1. The van der Waals surface area contributed by atoms with Crippen LogP contribution in [0.25, 0.3) is 0 Å². The summed E-state index contributed by atoms with van der Waals surface area (Å²) < 4.78 is 5.06. The Bertz CT molecular complexity index is 755. The summed E-state index contributed by atoms with van der Waals surface area (Å²) in [6, 6.07) is 19.7. The van der Waals surface area contributed by atoms with Gasteiger partial charge in [-0.3, -0.25) is 9.89 Å². The van der Waals surface area contributed by atoms with Crippen molar-refractivity contribution in [2.24, 2.45) is 4.99 Å². The average Bonchev–Trinajstić information content (AvgIpc) is 2.79. The Labute approximate surface area is 180 Å². The van der Waals surface area contributed by atoms with Crippen molar-refractivity contribution in [3.63, 3.8) is 0 Å². The zero-order chi connectivity index (χ0) is 21.0. The lowest BCUT2D eigenvalue weighted by atomic mass is 10.0. The van der Waals surface area contributed by atoms with Crippen LogP contribution in [0.15, 0.2) is 59.6 Å². The lowest BCUT2D eigenvalue weighted by molar-refractivity contribution is 0.198. The Morgan fingerprint density at radius 1 is 1.03 bits per heavy atom. The molecule has 0 amide bonds. The largest absolute Gasteiger partial charge is 0.383 e. The first-order valence-electron chi connectivity index (χ1n) is 10.8. The molecule has 1 aliphatic rings. The van der Waals surface area contributed by atoms with Gasteiger partial charge in [0, 0.05) is 58.6 Å². The molecular weight excluding hydrogens is 374 g/mol. The predicted octanol–water partition coefficient (Wildman–Crippen LogP) is 3.07. The minimum absolute atomic E-state index is 0.468. The van der Waals surface area contributed by atoms with Crippen molar-refractivity contribution >= 4 is 11.6 Å². The van der Waals surface area contributed by atoms with E-state index in [9.17, 15) is 0 Å². The lowest BCUT2D eigenvalue weighted by Gasteiger charge is -2.33. The number of rotatable bonds is 9. The highest BCUT2D eigenvalue weighted by Crippen LogP contribution is 2.14. The number of aliphatic imine (C=N–C) groups is 1. The molecule has 0 spiro atoms. The molecule has 2 aromatic carbocycles.